The van der Waals surface area contributed by atoms with Gasteiger partial charge in [-0.15, -0.1) is 0 Å². The zero-order chi connectivity index (χ0) is 13.7. The van der Waals surface area contributed by atoms with Gasteiger partial charge in [0.05, 0.1) is 25.9 Å². The van der Waals surface area contributed by atoms with Crippen molar-refractivity contribution in [2.45, 2.75) is 25.5 Å². The molecule has 1 saturated heterocycles. The van der Waals surface area contributed by atoms with E-state index in [2.05, 4.69) is 11.8 Å². The maximum absolute atomic E-state index is 6.34. The lowest BCUT2D eigenvalue weighted by Gasteiger charge is -2.35. The van der Waals surface area contributed by atoms with Crippen LogP contribution in [0, 0.1) is 0 Å². The van der Waals surface area contributed by atoms with E-state index in [9.17, 15) is 0 Å². The molecule has 1 aliphatic rings. The zero-order valence-electron chi connectivity index (χ0n) is 11.8. The van der Waals surface area contributed by atoms with Gasteiger partial charge >= 0.3 is 0 Å². The summed E-state index contributed by atoms with van der Waals surface area (Å²) in [6.07, 6.45) is 1.23. The molecule has 19 heavy (non-hydrogen) atoms. The van der Waals surface area contributed by atoms with Crippen LogP contribution in [0.3, 0.4) is 0 Å². The van der Waals surface area contributed by atoms with Gasteiger partial charge in [-0.05, 0) is 30.7 Å². The number of hydrogen-bond acceptors (Lipinski definition) is 4. The topological polar surface area (TPSA) is 47.7 Å². The molecule has 1 heterocycles. The standard InChI is InChI=1S/C15H24N2O2/c1-3-7-17-8-9-19-14(11-17)15(16)12-5-4-6-13(10-12)18-2/h4-6,10,14-15H,3,7-9,11,16H2,1-2H3. The normalized spacial score (nSPS) is 22.2. The van der Waals surface area contributed by atoms with Crippen molar-refractivity contribution in [3.05, 3.63) is 29.8 Å². The highest BCUT2D eigenvalue weighted by Crippen LogP contribution is 2.23. The SMILES string of the molecule is CCCN1CCOC(C(N)c2cccc(OC)c2)C1. The Morgan fingerprint density at radius 2 is 2.37 bits per heavy atom. The van der Waals surface area contributed by atoms with Crippen LogP contribution >= 0.6 is 0 Å². The van der Waals surface area contributed by atoms with Crippen LogP contribution in [0.25, 0.3) is 0 Å². The summed E-state index contributed by atoms with van der Waals surface area (Å²) in [4.78, 5) is 2.42. The van der Waals surface area contributed by atoms with Gasteiger partial charge in [0.2, 0.25) is 0 Å². The highest BCUT2D eigenvalue weighted by atomic mass is 16.5. The van der Waals surface area contributed by atoms with Gasteiger partial charge in [0.1, 0.15) is 5.75 Å². The summed E-state index contributed by atoms with van der Waals surface area (Å²) >= 11 is 0. The summed E-state index contributed by atoms with van der Waals surface area (Å²) in [6.45, 7) is 6.00. The van der Waals surface area contributed by atoms with Crippen LogP contribution < -0.4 is 10.5 Å². The molecule has 0 amide bonds. The van der Waals surface area contributed by atoms with Crippen molar-refractivity contribution >= 4 is 0 Å². The summed E-state index contributed by atoms with van der Waals surface area (Å²) in [5.41, 5.74) is 7.42. The zero-order valence-corrected chi connectivity index (χ0v) is 11.8. The number of morpholine rings is 1. The molecule has 0 radical (unpaired) electrons. The molecule has 2 atom stereocenters. The van der Waals surface area contributed by atoms with Gasteiger partial charge in [-0.1, -0.05) is 19.1 Å². The molecule has 0 saturated carbocycles. The average molecular weight is 264 g/mol. The van der Waals surface area contributed by atoms with Crippen molar-refractivity contribution in [3.8, 4) is 5.75 Å². The van der Waals surface area contributed by atoms with Crippen LogP contribution in [0.1, 0.15) is 24.9 Å². The summed E-state index contributed by atoms with van der Waals surface area (Å²) in [5.74, 6) is 0.842. The summed E-state index contributed by atoms with van der Waals surface area (Å²) < 4.78 is 11.1. The molecule has 106 valence electrons. The molecule has 1 aromatic carbocycles. The van der Waals surface area contributed by atoms with E-state index in [1.54, 1.807) is 7.11 Å². The monoisotopic (exact) mass is 264 g/mol. The van der Waals surface area contributed by atoms with E-state index in [4.69, 9.17) is 15.2 Å². The molecule has 1 fully saturated rings. The highest BCUT2D eigenvalue weighted by molar-refractivity contribution is 5.31. The Morgan fingerprint density at radius 1 is 1.53 bits per heavy atom. The smallest absolute Gasteiger partial charge is 0.119 e. The molecule has 4 heteroatoms. The Kier molecular flexibility index (Phi) is 5.19. The first-order chi connectivity index (χ1) is 9.24. The Labute approximate surface area is 115 Å². The van der Waals surface area contributed by atoms with Gasteiger partial charge in [0.25, 0.3) is 0 Å². The Balaban J connectivity index is 2.03. The Hall–Kier alpha value is -1.10. The van der Waals surface area contributed by atoms with Crippen molar-refractivity contribution in [2.75, 3.05) is 33.4 Å². The van der Waals surface area contributed by atoms with Crippen molar-refractivity contribution in [1.29, 1.82) is 0 Å². The van der Waals surface area contributed by atoms with Crippen LogP contribution in [0.15, 0.2) is 24.3 Å². The fourth-order valence-corrected chi connectivity index (χ4v) is 2.53. The molecule has 1 aromatic rings. The second-order valence-corrected chi connectivity index (χ2v) is 5.01. The third-order valence-corrected chi connectivity index (χ3v) is 3.60. The molecule has 2 unspecified atom stereocenters. The van der Waals surface area contributed by atoms with Gasteiger partial charge in [0.15, 0.2) is 0 Å². The quantitative estimate of drug-likeness (QED) is 0.881. The minimum atomic E-state index is -0.102. The maximum Gasteiger partial charge on any atom is 0.119 e. The second kappa shape index (κ2) is 6.89. The summed E-state index contributed by atoms with van der Waals surface area (Å²) in [5, 5.41) is 0. The van der Waals surface area contributed by atoms with E-state index in [-0.39, 0.29) is 12.1 Å². The van der Waals surface area contributed by atoms with Crippen molar-refractivity contribution < 1.29 is 9.47 Å². The number of benzene rings is 1. The molecule has 0 aliphatic carbocycles. The van der Waals surface area contributed by atoms with Crippen LogP contribution in [-0.2, 0) is 4.74 Å². The van der Waals surface area contributed by atoms with Crippen LogP contribution in [-0.4, -0.2) is 44.4 Å². The Bertz CT molecular complexity index is 395. The van der Waals surface area contributed by atoms with Gasteiger partial charge in [-0.2, -0.15) is 0 Å². The van der Waals surface area contributed by atoms with E-state index < -0.39 is 0 Å². The number of hydrogen-bond donors (Lipinski definition) is 1. The number of methoxy groups -OCH3 is 1. The van der Waals surface area contributed by atoms with Crippen LogP contribution in [0.2, 0.25) is 0 Å². The number of nitrogens with zero attached hydrogens (tertiary/aromatic N) is 1. The van der Waals surface area contributed by atoms with Crippen molar-refractivity contribution in [3.63, 3.8) is 0 Å². The lowest BCUT2D eigenvalue weighted by atomic mass is 10.0. The first-order valence-corrected chi connectivity index (χ1v) is 6.98. The molecule has 2 N–H and O–H groups in total. The number of nitrogens with two attached hydrogens (primary N) is 1. The van der Waals surface area contributed by atoms with Crippen LogP contribution in [0.4, 0.5) is 0 Å². The third kappa shape index (κ3) is 3.69. The second-order valence-electron chi connectivity index (χ2n) is 5.01. The fraction of sp³-hybridized carbons (Fsp3) is 0.600. The molecule has 2 rings (SSSR count). The lowest BCUT2D eigenvalue weighted by Crippen LogP contribution is -2.47. The van der Waals surface area contributed by atoms with Crippen LogP contribution in [0.5, 0.6) is 5.75 Å². The predicted octanol–water partition coefficient (Wildman–Crippen LogP) is 1.81. The maximum atomic E-state index is 6.34. The molecule has 1 aliphatic heterocycles. The van der Waals surface area contributed by atoms with E-state index in [0.717, 1.165) is 37.6 Å². The van der Waals surface area contributed by atoms with E-state index in [0.29, 0.717) is 0 Å². The summed E-state index contributed by atoms with van der Waals surface area (Å²) in [6, 6.07) is 7.83. The van der Waals surface area contributed by atoms with Crippen molar-refractivity contribution in [2.24, 2.45) is 5.73 Å². The first-order valence-electron chi connectivity index (χ1n) is 6.98. The van der Waals surface area contributed by atoms with Gasteiger partial charge in [-0.25, -0.2) is 0 Å². The average Bonchev–Trinajstić information content (AvgIpc) is 2.47. The lowest BCUT2D eigenvalue weighted by molar-refractivity contribution is -0.0408. The fourth-order valence-electron chi connectivity index (χ4n) is 2.53. The van der Waals surface area contributed by atoms with E-state index in [1.807, 2.05) is 24.3 Å². The third-order valence-electron chi connectivity index (χ3n) is 3.60. The molecule has 0 aromatic heterocycles. The van der Waals surface area contributed by atoms with E-state index in [1.165, 1.54) is 6.42 Å². The largest absolute Gasteiger partial charge is 0.497 e. The minimum absolute atomic E-state index is 0.0624. The molecule has 0 bridgehead atoms. The van der Waals surface area contributed by atoms with Crippen molar-refractivity contribution in [1.82, 2.24) is 4.90 Å². The Morgan fingerprint density at radius 3 is 3.11 bits per heavy atom. The summed E-state index contributed by atoms with van der Waals surface area (Å²) in [7, 11) is 1.67. The minimum Gasteiger partial charge on any atom is -0.497 e. The molecular weight excluding hydrogens is 240 g/mol. The molecule has 4 nitrogen and oxygen atoms in total. The molecule has 0 spiro atoms. The highest BCUT2D eigenvalue weighted by Gasteiger charge is 2.26. The molecular formula is C15H24N2O2. The number of ether oxygens (including phenoxy) is 2. The first kappa shape index (κ1) is 14.3. The predicted molar refractivity (Wildman–Crippen MR) is 76.4 cm³/mol. The van der Waals surface area contributed by atoms with E-state index >= 15 is 0 Å². The van der Waals surface area contributed by atoms with Gasteiger partial charge in [-0.3, -0.25) is 4.90 Å². The van der Waals surface area contributed by atoms with Gasteiger partial charge in [0, 0.05) is 13.1 Å². The number of rotatable bonds is 5. The van der Waals surface area contributed by atoms with Gasteiger partial charge < -0.3 is 15.2 Å².